The SMILES string of the molecule is CC(C)(C)CC(Cl)CNc1cccnn1. The molecule has 15 heavy (non-hydrogen) atoms. The largest absolute Gasteiger partial charge is 0.367 e. The van der Waals surface area contributed by atoms with Crippen LogP contribution in [0.4, 0.5) is 5.82 Å². The first kappa shape index (κ1) is 12.2. The highest BCUT2D eigenvalue weighted by atomic mass is 35.5. The van der Waals surface area contributed by atoms with Gasteiger partial charge < -0.3 is 5.32 Å². The van der Waals surface area contributed by atoms with E-state index in [1.54, 1.807) is 6.20 Å². The third-order valence-electron chi connectivity index (χ3n) is 1.91. The van der Waals surface area contributed by atoms with Crippen molar-refractivity contribution >= 4 is 17.4 Å². The highest BCUT2D eigenvalue weighted by Gasteiger charge is 2.16. The number of nitrogens with one attached hydrogen (secondary N) is 1. The number of hydrogen-bond acceptors (Lipinski definition) is 3. The molecule has 1 aromatic rings. The van der Waals surface area contributed by atoms with Crippen LogP contribution in [0.25, 0.3) is 0 Å². The second kappa shape index (κ2) is 5.31. The number of anilines is 1. The standard InChI is InChI=1S/C11H18ClN3/c1-11(2,3)7-9(12)8-13-10-5-4-6-14-15-10/h4-6,9H,7-8H2,1-3H3,(H,13,15). The number of alkyl halides is 1. The van der Waals surface area contributed by atoms with Crippen molar-refractivity contribution in [2.45, 2.75) is 32.6 Å². The summed E-state index contributed by atoms with van der Waals surface area (Å²) in [4.78, 5) is 0. The summed E-state index contributed by atoms with van der Waals surface area (Å²) in [7, 11) is 0. The van der Waals surface area contributed by atoms with E-state index in [0.29, 0.717) is 0 Å². The van der Waals surface area contributed by atoms with Crippen LogP contribution in [-0.4, -0.2) is 22.1 Å². The summed E-state index contributed by atoms with van der Waals surface area (Å²) in [5, 5.41) is 11.0. The lowest BCUT2D eigenvalue weighted by Gasteiger charge is -2.21. The van der Waals surface area contributed by atoms with Gasteiger partial charge in [-0.25, -0.2) is 0 Å². The maximum absolute atomic E-state index is 6.20. The van der Waals surface area contributed by atoms with E-state index in [9.17, 15) is 0 Å². The van der Waals surface area contributed by atoms with Crippen LogP contribution in [0.5, 0.6) is 0 Å². The van der Waals surface area contributed by atoms with Crippen LogP contribution in [0, 0.1) is 5.41 Å². The lowest BCUT2D eigenvalue weighted by molar-refractivity contribution is 0.373. The molecule has 1 N–H and O–H groups in total. The first-order chi connectivity index (χ1) is 6.97. The molecule has 0 aliphatic rings. The fraction of sp³-hybridized carbons (Fsp3) is 0.636. The Morgan fingerprint density at radius 1 is 1.47 bits per heavy atom. The van der Waals surface area contributed by atoms with Crippen LogP contribution in [-0.2, 0) is 0 Å². The molecular weight excluding hydrogens is 210 g/mol. The Labute approximate surface area is 96.2 Å². The van der Waals surface area contributed by atoms with Crippen molar-refractivity contribution in [1.82, 2.24) is 10.2 Å². The fourth-order valence-electron chi connectivity index (χ4n) is 1.35. The smallest absolute Gasteiger partial charge is 0.148 e. The lowest BCUT2D eigenvalue weighted by Crippen LogP contribution is -2.21. The van der Waals surface area contributed by atoms with Gasteiger partial charge in [0.15, 0.2) is 0 Å². The molecule has 4 heteroatoms. The van der Waals surface area contributed by atoms with E-state index in [1.165, 1.54) is 0 Å². The molecule has 0 aliphatic carbocycles. The molecule has 0 aliphatic heterocycles. The van der Waals surface area contributed by atoms with Crippen LogP contribution < -0.4 is 5.32 Å². The summed E-state index contributed by atoms with van der Waals surface area (Å²) < 4.78 is 0. The Kier molecular flexibility index (Phi) is 4.33. The maximum atomic E-state index is 6.20. The molecule has 0 bridgehead atoms. The third-order valence-corrected chi connectivity index (χ3v) is 2.22. The average molecular weight is 228 g/mol. The van der Waals surface area contributed by atoms with Crippen LogP contribution in [0.2, 0.25) is 0 Å². The first-order valence-electron chi connectivity index (χ1n) is 5.13. The van der Waals surface area contributed by atoms with Gasteiger partial charge in [0.1, 0.15) is 5.82 Å². The normalized spacial score (nSPS) is 13.6. The Bertz CT molecular complexity index is 282. The zero-order chi connectivity index (χ0) is 11.3. The van der Waals surface area contributed by atoms with Gasteiger partial charge in [0.25, 0.3) is 0 Å². The predicted octanol–water partition coefficient (Wildman–Crippen LogP) is 2.93. The number of halogens is 1. The summed E-state index contributed by atoms with van der Waals surface area (Å²) in [6.07, 6.45) is 2.63. The highest BCUT2D eigenvalue weighted by molar-refractivity contribution is 6.20. The van der Waals surface area contributed by atoms with Gasteiger partial charge in [0, 0.05) is 12.7 Å². The Balaban J connectivity index is 2.32. The van der Waals surface area contributed by atoms with Crippen molar-refractivity contribution in [3.8, 4) is 0 Å². The minimum atomic E-state index is 0.118. The second-order valence-corrected chi connectivity index (χ2v) is 5.47. The second-order valence-electron chi connectivity index (χ2n) is 4.85. The van der Waals surface area contributed by atoms with Gasteiger partial charge in [-0.3, -0.25) is 0 Å². The van der Waals surface area contributed by atoms with Gasteiger partial charge >= 0.3 is 0 Å². The van der Waals surface area contributed by atoms with E-state index in [4.69, 9.17) is 11.6 Å². The summed E-state index contributed by atoms with van der Waals surface area (Å²) in [6.45, 7) is 7.28. The zero-order valence-corrected chi connectivity index (χ0v) is 10.3. The molecule has 0 saturated carbocycles. The Morgan fingerprint density at radius 3 is 2.73 bits per heavy atom. The molecule has 0 radical (unpaired) electrons. The zero-order valence-electron chi connectivity index (χ0n) is 9.50. The molecule has 1 atom stereocenters. The molecule has 3 nitrogen and oxygen atoms in total. The van der Waals surface area contributed by atoms with Gasteiger partial charge in [0.05, 0.1) is 5.38 Å². The summed E-state index contributed by atoms with van der Waals surface area (Å²) in [6, 6.07) is 3.73. The van der Waals surface area contributed by atoms with Crippen LogP contribution in [0.1, 0.15) is 27.2 Å². The molecule has 84 valence electrons. The highest BCUT2D eigenvalue weighted by Crippen LogP contribution is 2.23. The van der Waals surface area contributed by atoms with Gasteiger partial charge in [-0.15, -0.1) is 16.7 Å². The van der Waals surface area contributed by atoms with E-state index < -0.39 is 0 Å². The number of rotatable bonds is 4. The van der Waals surface area contributed by atoms with Crippen LogP contribution in [0.3, 0.4) is 0 Å². The summed E-state index contributed by atoms with van der Waals surface area (Å²) >= 11 is 6.20. The summed E-state index contributed by atoms with van der Waals surface area (Å²) in [5.74, 6) is 0.775. The molecule has 1 rings (SSSR count). The number of hydrogen-bond donors (Lipinski definition) is 1. The van der Waals surface area contributed by atoms with E-state index in [2.05, 4.69) is 36.3 Å². The van der Waals surface area contributed by atoms with E-state index in [-0.39, 0.29) is 10.8 Å². The van der Waals surface area contributed by atoms with Crippen molar-refractivity contribution in [3.05, 3.63) is 18.3 Å². The van der Waals surface area contributed by atoms with E-state index in [1.807, 2.05) is 12.1 Å². The van der Waals surface area contributed by atoms with Gasteiger partial charge in [0.2, 0.25) is 0 Å². The molecule has 1 heterocycles. The molecule has 0 aromatic carbocycles. The van der Waals surface area contributed by atoms with E-state index in [0.717, 1.165) is 18.8 Å². The Hall–Kier alpha value is -0.830. The van der Waals surface area contributed by atoms with Crippen molar-refractivity contribution in [3.63, 3.8) is 0 Å². The van der Waals surface area contributed by atoms with E-state index >= 15 is 0 Å². The lowest BCUT2D eigenvalue weighted by atomic mass is 9.90. The molecule has 0 fully saturated rings. The van der Waals surface area contributed by atoms with Gasteiger partial charge in [-0.1, -0.05) is 20.8 Å². The Morgan fingerprint density at radius 2 is 2.20 bits per heavy atom. The van der Waals surface area contributed by atoms with Crippen molar-refractivity contribution in [2.75, 3.05) is 11.9 Å². The molecule has 1 unspecified atom stereocenters. The summed E-state index contributed by atoms with van der Waals surface area (Å²) in [5.41, 5.74) is 0.260. The topological polar surface area (TPSA) is 37.8 Å². The average Bonchev–Trinajstić information content (AvgIpc) is 2.14. The number of aromatic nitrogens is 2. The molecule has 0 saturated heterocycles. The minimum absolute atomic E-state index is 0.118. The first-order valence-corrected chi connectivity index (χ1v) is 5.57. The molecule has 0 spiro atoms. The quantitative estimate of drug-likeness (QED) is 0.804. The van der Waals surface area contributed by atoms with Crippen molar-refractivity contribution < 1.29 is 0 Å². The molecule has 0 amide bonds. The fourth-order valence-corrected chi connectivity index (χ4v) is 1.89. The van der Waals surface area contributed by atoms with Crippen LogP contribution in [0.15, 0.2) is 18.3 Å². The number of nitrogens with zero attached hydrogens (tertiary/aromatic N) is 2. The van der Waals surface area contributed by atoms with Gasteiger partial charge in [-0.2, -0.15) is 5.10 Å². The van der Waals surface area contributed by atoms with Crippen molar-refractivity contribution in [1.29, 1.82) is 0 Å². The predicted molar refractivity (Wildman–Crippen MR) is 64.2 cm³/mol. The van der Waals surface area contributed by atoms with Crippen LogP contribution >= 0.6 is 11.6 Å². The van der Waals surface area contributed by atoms with Gasteiger partial charge in [-0.05, 0) is 24.0 Å². The monoisotopic (exact) mass is 227 g/mol. The van der Waals surface area contributed by atoms with Crippen molar-refractivity contribution in [2.24, 2.45) is 5.41 Å². The molecule has 1 aromatic heterocycles. The minimum Gasteiger partial charge on any atom is -0.367 e. The molecular formula is C11H18ClN3. The maximum Gasteiger partial charge on any atom is 0.148 e. The third kappa shape index (κ3) is 5.57.